The lowest BCUT2D eigenvalue weighted by molar-refractivity contribution is 0.353. The van der Waals surface area contributed by atoms with E-state index < -0.39 is 0 Å². The molecule has 0 saturated heterocycles. The first-order valence-electron chi connectivity index (χ1n) is 5.18. The average Bonchev–Trinajstić information content (AvgIpc) is 2.59. The zero-order valence-corrected chi connectivity index (χ0v) is 11.7. The molecular weight excluding hydrogens is 272 g/mol. The summed E-state index contributed by atoms with van der Waals surface area (Å²) in [5, 5.41) is 3.45. The minimum Gasteiger partial charge on any atom is -0.330 e. The summed E-state index contributed by atoms with van der Waals surface area (Å²) < 4.78 is 1.21. The average molecular weight is 291 g/mol. The fraction of sp³-hybridized carbons (Fsp3) is 0.636. The van der Waals surface area contributed by atoms with E-state index >= 15 is 0 Å². The van der Waals surface area contributed by atoms with Crippen molar-refractivity contribution >= 4 is 27.3 Å². The van der Waals surface area contributed by atoms with Gasteiger partial charge in [-0.15, -0.1) is 11.3 Å². The molecule has 0 spiro atoms. The van der Waals surface area contributed by atoms with Crippen LogP contribution >= 0.6 is 27.3 Å². The molecule has 15 heavy (non-hydrogen) atoms. The van der Waals surface area contributed by atoms with Crippen molar-refractivity contribution in [1.82, 2.24) is 5.32 Å². The van der Waals surface area contributed by atoms with Crippen molar-refractivity contribution in [3.8, 4) is 0 Å². The van der Waals surface area contributed by atoms with Crippen molar-refractivity contribution < 1.29 is 0 Å². The molecule has 0 unspecified atom stereocenters. The van der Waals surface area contributed by atoms with Crippen molar-refractivity contribution in [2.75, 3.05) is 19.6 Å². The number of thiophene rings is 1. The van der Waals surface area contributed by atoms with Crippen LogP contribution in [0.2, 0.25) is 0 Å². The number of rotatable bonds is 6. The lowest BCUT2D eigenvalue weighted by Crippen LogP contribution is -2.36. The molecule has 0 aliphatic heterocycles. The molecule has 0 aliphatic carbocycles. The van der Waals surface area contributed by atoms with E-state index in [9.17, 15) is 0 Å². The van der Waals surface area contributed by atoms with Gasteiger partial charge in [-0.2, -0.15) is 0 Å². The molecule has 0 amide bonds. The summed E-state index contributed by atoms with van der Waals surface area (Å²) in [5.74, 6) is 0. The molecule has 86 valence electrons. The summed E-state index contributed by atoms with van der Waals surface area (Å²) in [5.41, 5.74) is 5.86. The van der Waals surface area contributed by atoms with E-state index in [1.54, 1.807) is 11.3 Å². The van der Waals surface area contributed by atoms with Crippen LogP contribution in [0.5, 0.6) is 0 Å². The van der Waals surface area contributed by atoms with Gasteiger partial charge in [0.2, 0.25) is 0 Å². The molecule has 1 aromatic rings. The monoisotopic (exact) mass is 290 g/mol. The van der Waals surface area contributed by atoms with Crippen LogP contribution in [0.25, 0.3) is 0 Å². The van der Waals surface area contributed by atoms with Crippen LogP contribution < -0.4 is 11.1 Å². The van der Waals surface area contributed by atoms with Crippen LogP contribution in [0, 0.1) is 5.41 Å². The third-order valence-electron chi connectivity index (χ3n) is 2.33. The summed E-state index contributed by atoms with van der Waals surface area (Å²) in [4.78, 5) is 1.42. The first-order chi connectivity index (χ1) is 7.03. The van der Waals surface area contributed by atoms with Crippen molar-refractivity contribution in [1.29, 1.82) is 0 Å². The van der Waals surface area contributed by atoms with E-state index in [1.165, 1.54) is 8.66 Å². The van der Waals surface area contributed by atoms with Gasteiger partial charge in [0.05, 0.1) is 3.79 Å². The Labute approximate surface area is 104 Å². The van der Waals surface area contributed by atoms with Crippen LogP contribution in [-0.4, -0.2) is 19.6 Å². The minimum absolute atomic E-state index is 0.204. The number of hydrogen-bond acceptors (Lipinski definition) is 3. The van der Waals surface area contributed by atoms with E-state index in [4.69, 9.17) is 5.73 Å². The van der Waals surface area contributed by atoms with Gasteiger partial charge >= 0.3 is 0 Å². The second-order valence-electron chi connectivity index (χ2n) is 4.50. The largest absolute Gasteiger partial charge is 0.330 e. The Balaban J connectivity index is 2.17. The molecule has 0 radical (unpaired) electrons. The van der Waals surface area contributed by atoms with Gasteiger partial charge < -0.3 is 11.1 Å². The standard InChI is InChI=1S/C11H19BrN2S/c1-11(2,7-13)8-14-6-5-9-3-4-10(12)15-9/h3-4,14H,5-8,13H2,1-2H3. The summed E-state index contributed by atoms with van der Waals surface area (Å²) in [6.45, 7) is 7.10. The predicted octanol–water partition coefficient (Wildman–Crippen LogP) is 2.63. The molecular formula is C11H19BrN2S. The van der Waals surface area contributed by atoms with E-state index in [0.717, 1.165) is 26.1 Å². The third kappa shape index (κ3) is 5.11. The highest BCUT2D eigenvalue weighted by molar-refractivity contribution is 9.11. The summed E-state index contributed by atoms with van der Waals surface area (Å²) in [6, 6.07) is 4.27. The van der Waals surface area contributed by atoms with Crippen molar-refractivity contribution in [2.45, 2.75) is 20.3 Å². The zero-order chi connectivity index (χ0) is 11.3. The molecule has 1 heterocycles. The molecule has 0 bridgehead atoms. The number of halogens is 1. The van der Waals surface area contributed by atoms with Crippen LogP contribution in [0.3, 0.4) is 0 Å². The molecule has 0 fully saturated rings. The van der Waals surface area contributed by atoms with Gasteiger partial charge in [-0.05, 0) is 53.0 Å². The van der Waals surface area contributed by atoms with Gasteiger partial charge in [0, 0.05) is 11.4 Å². The van der Waals surface area contributed by atoms with E-state index in [0.29, 0.717) is 0 Å². The Bertz CT molecular complexity index is 297. The maximum atomic E-state index is 5.66. The summed E-state index contributed by atoms with van der Waals surface area (Å²) >= 11 is 5.27. The highest BCUT2D eigenvalue weighted by atomic mass is 79.9. The Hall–Kier alpha value is 0.1000. The SMILES string of the molecule is CC(C)(CN)CNCCc1ccc(Br)s1. The zero-order valence-electron chi connectivity index (χ0n) is 9.35. The Morgan fingerprint density at radius 3 is 2.73 bits per heavy atom. The molecule has 0 atom stereocenters. The molecule has 4 heteroatoms. The topological polar surface area (TPSA) is 38.0 Å². The van der Waals surface area contributed by atoms with Crippen LogP contribution in [-0.2, 0) is 6.42 Å². The smallest absolute Gasteiger partial charge is 0.0701 e. The van der Waals surface area contributed by atoms with Gasteiger partial charge in [0.1, 0.15) is 0 Å². The van der Waals surface area contributed by atoms with Gasteiger partial charge in [-0.3, -0.25) is 0 Å². The maximum absolute atomic E-state index is 5.66. The second-order valence-corrected chi connectivity index (χ2v) is 7.05. The first kappa shape index (κ1) is 13.2. The van der Waals surface area contributed by atoms with Gasteiger partial charge in [-0.25, -0.2) is 0 Å². The van der Waals surface area contributed by atoms with Gasteiger partial charge in [0.25, 0.3) is 0 Å². The Morgan fingerprint density at radius 2 is 2.20 bits per heavy atom. The lowest BCUT2D eigenvalue weighted by Gasteiger charge is -2.22. The van der Waals surface area contributed by atoms with Crippen molar-refractivity contribution in [2.24, 2.45) is 11.1 Å². The van der Waals surface area contributed by atoms with Crippen LogP contribution in [0.1, 0.15) is 18.7 Å². The van der Waals surface area contributed by atoms with Crippen molar-refractivity contribution in [3.63, 3.8) is 0 Å². The molecule has 1 rings (SSSR count). The first-order valence-corrected chi connectivity index (χ1v) is 6.79. The summed E-state index contributed by atoms with van der Waals surface area (Å²) in [6.07, 6.45) is 1.09. The maximum Gasteiger partial charge on any atom is 0.0701 e. The quantitative estimate of drug-likeness (QED) is 0.791. The third-order valence-corrected chi connectivity index (χ3v) is 4.02. The lowest BCUT2D eigenvalue weighted by atomic mass is 9.94. The minimum atomic E-state index is 0.204. The summed E-state index contributed by atoms with van der Waals surface area (Å²) in [7, 11) is 0. The normalized spacial score (nSPS) is 12.0. The number of hydrogen-bond donors (Lipinski definition) is 2. The highest BCUT2D eigenvalue weighted by Gasteiger charge is 2.14. The molecule has 0 aliphatic rings. The fourth-order valence-corrected chi connectivity index (χ4v) is 2.68. The van der Waals surface area contributed by atoms with Crippen LogP contribution in [0.15, 0.2) is 15.9 Å². The second kappa shape index (κ2) is 5.99. The fourth-order valence-electron chi connectivity index (χ4n) is 1.20. The molecule has 0 saturated carbocycles. The molecule has 1 aromatic heterocycles. The highest BCUT2D eigenvalue weighted by Crippen LogP contribution is 2.22. The van der Waals surface area contributed by atoms with Gasteiger partial charge in [-0.1, -0.05) is 13.8 Å². The Morgan fingerprint density at radius 1 is 1.47 bits per heavy atom. The van der Waals surface area contributed by atoms with Crippen LogP contribution in [0.4, 0.5) is 0 Å². The molecule has 3 N–H and O–H groups in total. The number of nitrogens with two attached hydrogens (primary N) is 1. The molecule has 0 aromatic carbocycles. The van der Waals surface area contributed by atoms with E-state index in [1.807, 2.05) is 0 Å². The van der Waals surface area contributed by atoms with E-state index in [-0.39, 0.29) is 5.41 Å². The predicted molar refractivity (Wildman–Crippen MR) is 71.4 cm³/mol. The molecule has 2 nitrogen and oxygen atoms in total. The van der Waals surface area contributed by atoms with E-state index in [2.05, 4.69) is 47.2 Å². The number of nitrogens with one attached hydrogen (secondary N) is 1. The Kier molecular flexibility index (Phi) is 5.26. The van der Waals surface area contributed by atoms with Gasteiger partial charge in [0.15, 0.2) is 0 Å². The van der Waals surface area contributed by atoms with Crippen molar-refractivity contribution in [3.05, 3.63) is 20.8 Å².